The van der Waals surface area contributed by atoms with E-state index in [1.54, 1.807) is 0 Å². The minimum Gasteiger partial charge on any atom is -0.432 e. The first-order chi connectivity index (χ1) is 9.94. The van der Waals surface area contributed by atoms with Gasteiger partial charge in [0, 0.05) is 18.3 Å². The molecule has 1 N–H and O–H groups in total. The highest BCUT2D eigenvalue weighted by molar-refractivity contribution is 5.48. The van der Waals surface area contributed by atoms with Gasteiger partial charge >= 0.3 is 6.61 Å². The number of alkyl halides is 2. The molecule has 0 aliphatic rings. The molecule has 0 spiro atoms. The van der Waals surface area contributed by atoms with E-state index in [9.17, 15) is 13.2 Å². The lowest BCUT2D eigenvalue weighted by molar-refractivity contribution is -0.0521. The summed E-state index contributed by atoms with van der Waals surface area (Å²) in [5.74, 6) is -1.28. The lowest BCUT2D eigenvalue weighted by Crippen LogP contribution is -2.05. The van der Waals surface area contributed by atoms with Crippen molar-refractivity contribution in [2.75, 3.05) is 5.32 Å². The van der Waals surface area contributed by atoms with Crippen molar-refractivity contribution < 1.29 is 17.9 Å². The molecule has 2 rings (SSSR count). The Morgan fingerprint density at radius 2 is 1.71 bits per heavy atom. The van der Waals surface area contributed by atoms with Crippen LogP contribution >= 0.6 is 0 Å². The Bertz CT molecular complexity index is 609. The first-order valence-electron chi connectivity index (χ1n) is 6.49. The highest BCUT2D eigenvalue weighted by atomic mass is 19.3. The average molecular weight is 295 g/mol. The van der Waals surface area contributed by atoms with Gasteiger partial charge in [-0.3, -0.25) is 0 Å². The molecule has 0 aromatic heterocycles. The van der Waals surface area contributed by atoms with Crippen LogP contribution in [0, 0.1) is 19.7 Å². The summed E-state index contributed by atoms with van der Waals surface area (Å²) in [4.78, 5) is 0. The van der Waals surface area contributed by atoms with Crippen molar-refractivity contribution in [3.8, 4) is 5.75 Å². The fraction of sp³-hybridized carbons (Fsp3) is 0.250. The van der Waals surface area contributed by atoms with Crippen LogP contribution in [0.1, 0.15) is 16.7 Å². The SMILES string of the molecule is Cc1cc(C)cc(CNc2ccc(OC(F)F)c(F)c2)c1. The fourth-order valence-electron chi connectivity index (χ4n) is 2.18. The number of hydrogen-bond acceptors (Lipinski definition) is 2. The van der Waals surface area contributed by atoms with Crippen molar-refractivity contribution >= 4 is 5.69 Å². The second kappa shape index (κ2) is 6.52. The van der Waals surface area contributed by atoms with Crippen molar-refractivity contribution in [2.45, 2.75) is 27.0 Å². The molecular weight excluding hydrogens is 279 g/mol. The molecule has 21 heavy (non-hydrogen) atoms. The molecule has 0 heterocycles. The van der Waals surface area contributed by atoms with Gasteiger partial charge < -0.3 is 10.1 Å². The number of benzene rings is 2. The first kappa shape index (κ1) is 15.2. The largest absolute Gasteiger partial charge is 0.432 e. The summed E-state index contributed by atoms with van der Waals surface area (Å²) in [6.45, 7) is 1.50. The Kier molecular flexibility index (Phi) is 4.73. The smallest absolute Gasteiger partial charge is 0.387 e. The molecule has 0 aliphatic carbocycles. The molecule has 0 saturated heterocycles. The molecule has 112 valence electrons. The number of hydrogen-bond donors (Lipinski definition) is 1. The van der Waals surface area contributed by atoms with Gasteiger partial charge in [-0.15, -0.1) is 0 Å². The lowest BCUT2D eigenvalue weighted by atomic mass is 10.1. The Hall–Kier alpha value is -2.17. The maximum atomic E-state index is 13.6. The lowest BCUT2D eigenvalue weighted by Gasteiger charge is -2.10. The molecule has 2 aromatic rings. The molecule has 0 aliphatic heterocycles. The average Bonchev–Trinajstić information content (AvgIpc) is 2.38. The molecule has 0 atom stereocenters. The van der Waals surface area contributed by atoms with Crippen molar-refractivity contribution in [1.82, 2.24) is 0 Å². The van der Waals surface area contributed by atoms with Crippen LogP contribution in [0.2, 0.25) is 0 Å². The standard InChI is InChI=1S/C16H16F3NO/c1-10-5-11(2)7-12(6-10)9-20-13-3-4-15(14(17)8-13)21-16(18)19/h3-8,16,20H,9H2,1-2H3. The van der Waals surface area contributed by atoms with Gasteiger partial charge in [-0.1, -0.05) is 29.3 Å². The quantitative estimate of drug-likeness (QED) is 0.866. The Labute approximate surface area is 121 Å². The number of anilines is 1. The van der Waals surface area contributed by atoms with Gasteiger partial charge in [0.25, 0.3) is 0 Å². The minimum atomic E-state index is -3.03. The maximum Gasteiger partial charge on any atom is 0.387 e. The third kappa shape index (κ3) is 4.41. The van der Waals surface area contributed by atoms with Gasteiger partial charge in [0.15, 0.2) is 11.6 Å². The van der Waals surface area contributed by atoms with Crippen LogP contribution in [0.3, 0.4) is 0 Å². The molecule has 0 amide bonds. The molecule has 0 saturated carbocycles. The zero-order valence-electron chi connectivity index (χ0n) is 11.8. The summed E-state index contributed by atoms with van der Waals surface area (Å²) in [6, 6.07) is 9.96. The first-order valence-corrected chi connectivity index (χ1v) is 6.49. The normalized spacial score (nSPS) is 10.8. The van der Waals surface area contributed by atoms with E-state index in [1.165, 1.54) is 12.1 Å². The van der Waals surface area contributed by atoms with Crippen LogP contribution in [-0.2, 0) is 6.54 Å². The van der Waals surface area contributed by atoms with E-state index in [0.29, 0.717) is 12.2 Å². The van der Waals surface area contributed by atoms with Crippen molar-refractivity contribution in [3.05, 3.63) is 58.9 Å². The molecule has 0 radical (unpaired) electrons. The maximum absolute atomic E-state index is 13.6. The van der Waals surface area contributed by atoms with Crippen molar-refractivity contribution in [2.24, 2.45) is 0 Å². The Balaban J connectivity index is 2.05. The van der Waals surface area contributed by atoms with Gasteiger partial charge in [-0.2, -0.15) is 8.78 Å². The van der Waals surface area contributed by atoms with Crippen LogP contribution < -0.4 is 10.1 Å². The van der Waals surface area contributed by atoms with Gasteiger partial charge in [-0.05, 0) is 31.5 Å². The molecule has 0 fully saturated rings. The molecule has 5 heteroatoms. The van der Waals surface area contributed by atoms with E-state index in [1.807, 2.05) is 26.0 Å². The summed E-state index contributed by atoms with van der Waals surface area (Å²) >= 11 is 0. The van der Waals surface area contributed by atoms with Crippen LogP contribution in [0.25, 0.3) is 0 Å². The zero-order valence-corrected chi connectivity index (χ0v) is 11.8. The van der Waals surface area contributed by atoms with Gasteiger partial charge in [0.2, 0.25) is 0 Å². The Morgan fingerprint density at radius 1 is 1.05 bits per heavy atom. The third-order valence-electron chi connectivity index (χ3n) is 2.93. The molecular formula is C16H16F3NO. The van der Waals surface area contributed by atoms with E-state index in [2.05, 4.69) is 16.1 Å². The van der Waals surface area contributed by atoms with Gasteiger partial charge in [0.05, 0.1) is 0 Å². The van der Waals surface area contributed by atoms with Crippen LogP contribution in [0.5, 0.6) is 5.75 Å². The van der Waals surface area contributed by atoms with E-state index < -0.39 is 18.2 Å². The number of aryl methyl sites for hydroxylation is 2. The predicted molar refractivity (Wildman–Crippen MR) is 76.3 cm³/mol. The number of ether oxygens (including phenoxy) is 1. The second-order valence-electron chi connectivity index (χ2n) is 4.87. The molecule has 0 unspecified atom stereocenters. The molecule has 2 aromatic carbocycles. The summed E-state index contributed by atoms with van der Waals surface area (Å²) in [5, 5.41) is 3.05. The number of nitrogens with one attached hydrogen (secondary N) is 1. The minimum absolute atomic E-state index is 0.457. The van der Waals surface area contributed by atoms with Crippen molar-refractivity contribution in [3.63, 3.8) is 0 Å². The molecule has 2 nitrogen and oxygen atoms in total. The van der Waals surface area contributed by atoms with Gasteiger partial charge in [0.1, 0.15) is 0 Å². The predicted octanol–water partition coefficient (Wildman–Crippen LogP) is 4.66. The zero-order chi connectivity index (χ0) is 15.4. The fourth-order valence-corrected chi connectivity index (χ4v) is 2.18. The topological polar surface area (TPSA) is 21.3 Å². The summed E-state index contributed by atoms with van der Waals surface area (Å²) < 4.78 is 41.7. The second-order valence-corrected chi connectivity index (χ2v) is 4.87. The highest BCUT2D eigenvalue weighted by Crippen LogP contribution is 2.23. The van der Waals surface area contributed by atoms with E-state index in [4.69, 9.17) is 0 Å². The van der Waals surface area contributed by atoms with Crippen LogP contribution in [0.4, 0.5) is 18.9 Å². The summed E-state index contributed by atoms with van der Waals surface area (Å²) in [6.07, 6.45) is 0. The monoisotopic (exact) mass is 295 g/mol. The van der Waals surface area contributed by atoms with Crippen molar-refractivity contribution in [1.29, 1.82) is 0 Å². The van der Waals surface area contributed by atoms with E-state index >= 15 is 0 Å². The van der Waals surface area contributed by atoms with E-state index in [0.717, 1.165) is 22.8 Å². The van der Waals surface area contributed by atoms with Crippen LogP contribution in [0.15, 0.2) is 36.4 Å². The van der Waals surface area contributed by atoms with Crippen LogP contribution in [-0.4, -0.2) is 6.61 Å². The summed E-state index contributed by atoms with van der Waals surface area (Å²) in [5.41, 5.74) is 3.88. The highest BCUT2D eigenvalue weighted by Gasteiger charge is 2.10. The third-order valence-corrected chi connectivity index (χ3v) is 2.93. The number of rotatable bonds is 5. The summed E-state index contributed by atoms with van der Waals surface area (Å²) in [7, 11) is 0. The number of halogens is 3. The molecule has 0 bridgehead atoms. The Morgan fingerprint density at radius 3 is 2.29 bits per heavy atom. The van der Waals surface area contributed by atoms with Gasteiger partial charge in [-0.25, -0.2) is 4.39 Å². The van der Waals surface area contributed by atoms with E-state index in [-0.39, 0.29) is 0 Å².